The van der Waals surface area contributed by atoms with Crippen molar-refractivity contribution in [2.75, 3.05) is 0 Å². The lowest BCUT2D eigenvalue weighted by atomic mass is 10.2. The Morgan fingerprint density at radius 1 is 1.10 bits per heavy atom. The molecule has 0 unspecified atom stereocenters. The van der Waals surface area contributed by atoms with Crippen LogP contribution in [0.4, 0.5) is 11.4 Å². The molecule has 1 N–H and O–H groups in total. The molecule has 30 heavy (non-hydrogen) atoms. The van der Waals surface area contributed by atoms with Gasteiger partial charge in [0.05, 0.1) is 15.5 Å². The van der Waals surface area contributed by atoms with Gasteiger partial charge in [0.25, 0.3) is 11.6 Å². The second-order valence-electron chi connectivity index (χ2n) is 6.75. The van der Waals surface area contributed by atoms with Crippen LogP contribution in [0.3, 0.4) is 0 Å². The highest BCUT2D eigenvalue weighted by molar-refractivity contribution is 8.18. The first-order valence-electron chi connectivity index (χ1n) is 9.21. The van der Waals surface area contributed by atoms with E-state index in [0.29, 0.717) is 10.1 Å². The van der Waals surface area contributed by atoms with Crippen molar-refractivity contribution in [1.29, 1.82) is 0 Å². The normalized spacial score (nSPS) is 16.3. The third kappa shape index (κ3) is 3.90. The summed E-state index contributed by atoms with van der Waals surface area (Å²) in [6.45, 7) is 3.91. The van der Waals surface area contributed by atoms with Gasteiger partial charge in [-0.1, -0.05) is 18.2 Å². The number of nitro groups is 1. The molecule has 1 fully saturated rings. The third-order valence-corrected chi connectivity index (χ3v) is 5.62. The Hall–Kier alpha value is -3.65. The molecule has 0 aliphatic carbocycles. The molecule has 0 spiro atoms. The molecule has 2 heterocycles. The number of carbonyl (C=O) groups is 1. The molecule has 7 nitrogen and oxygen atoms in total. The Bertz CT molecular complexity index is 1200. The van der Waals surface area contributed by atoms with E-state index < -0.39 is 4.92 Å². The molecule has 3 aromatic rings. The van der Waals surface area contributed by atoms with E-state index >= 15 is 0 Å². The lowest BCUT2D eigenvalue weighted by Gasteiger charge is -2.09. The van der Waals surface area contributed by atoms with Crippen LogP contribution in [0.25, 0.3) is 11.8 Å². The number of amides is 1. The predicted octanol–water partition coefficient (Wildman–Crippen LogP) is 4.89. The van der Waals surface area contributed by atoms with Crippen molar-refractivity contribution in [1.82, 2.24) is 9.88 Å². The van der Waals surface area contributed by atoms with Crippen molar-refractivity contribution in [3.8, 4) is 5.69 Å². The minimum absolute atomic E-state index is 0.0489. The summed E-state index contributed by atoms with van der Waals surface area (Å²) in [4.78, 5) is 27.9. The predicted molar refractivity (Wildman–Crippen MR) is 119 cm³/mol. The fourth-order valence-corrected chi connectivity index (χ4v) is 4.13. The van der Waals surface area contributed by atoms with Crippen molar-refractivity contribution in [2.45, 2.75) is 13.8 Å². The smallest absolute Gasteiger partial charge is 0.269 e. The van der Waals surface area contributed by atoms with E-state index in [0.717, 1.165) is 28.3 Å². The van der Waals surface area contributed by atoms with Crippen molar-refractivity contribution in [3.05, 3.63) is 92.6 Å². The molecule has 4 rings (SSSR count). The number of hydrogen-bond donors (Lipinski definition) is 1. The number of hydrogen-bond acceptors (Lipinski definition) is 5. The average Bonchev–Trinajstić information content (AvgIpc) is 3.21. The van der Waals surface area contributed by atoms with E-state index in [9.17, 15) is 14.9 Å². The number of carbonyl (C=O) groups excluding carboxylic acids is 1. The van der Waals surface area contributed by atoms with E-state index in [-0.39, 0.29) is 11.6 Å². The zero-order chi connectivity index (χ0) is 21.3. The summed E-state index contributed by atoms with van der Waals surface area (Å²) >= 11 is 1.30. The number of thioether (sulfide) groups is 1. The zero-order valence-electron chi connectivity index (χ0n) is 16.3. The molecule has 0 saturated carbocycles. The number of nitro benzene ring substituents is 1. The molecule has 0 bridgehead atoms. The Balaban J connectivity index is 1.63. The largest absolute Gasteiger partial charge is 0.318 e. The molecule has 1 saturated heterocycles. The fraction of sp³-hybridized carbons (Fsp3) is 0.0909. The SMILES string of the molecule is Cc1cc(C=C2SC(=Nc3ccccc3)NC2=O)c(C)n1-c1ccc([N+](=O)[O-])cc1. The van der Waals surface area contributed by atoms with Gasteiger partial charge in [0.2, 0.25) is 0 Å². The van der Waals surface area contributed by atoms with E-state index in [1.54, 1.807) is 12.1 Å². The number of non-ortho nitro benzene ring substituents is 1. The van der Waals surface area contributed by atoms with E-state index in [1.165, 1.54) is 23.9 Å². The number of amidine groups is 1. The number of aryl methyl sites for hydroxylation is 1. The van der Waals surface area contributed by atoms with Crippen LogP contribution < -0.4 is 5.32 Å². The van der Waals surface area contributed by atoms with Gasteiger partial charge in [0, 0.05) is 29.2 Å². The molecular formula is C22H18N4O3S. The van der Waals surface area contributed by atoms with Crippen LogP contribution in [-0.2, 0) is 4.79 Å². The van der Waals surface area contributed by atoms with Crippen molar-refractivity contribution in [3.63, 3.8) is 0 Å². The zero-order valence-corrected chi connectivity index (χ0v) is 17.1. The van der Waals surface area contributed by atoms with Crippen LogP contribution >= 0.6 is 11.8 Å². The molecular weight excluding hydrogens is 400 g/mol. The number of benzene rings is 2. The minimum atomic E-state index is -0.417. The summed E-state index contributed by atoms with van der Waals surface area (Å²) in [6.07, 6.45) is 1.84. The number of para-hydroxylation sites is 1. The van der Waals surface area contributed by atoms with Crippen molar-refractivity contribution in [2.24, 2.45) is 4.99 Å². The Kier molecular flexibility index (Phi) is 5.24. The van der Waals surface area contributed by atoms with Gasteiger partial charge >= 0.3 is 0 Å². The first kappa shape index (κ1) is 19.7. The van der Waals surface area contributed by atoms with Gasteiger partial charge in [-0.15, -0.1) is 0 Å². The van der Waals surface area contributed by atoms with Gasteiger partial charge in [-0.2, -0.15) is 0 Å². The quantitative estimate of drug-likeness (QED) is 0.371. The van der Waals surface area contributed by atoms with Crippen LogP contribution in [0.5, 0.6) is 0 Å². The minimum Gasteiger partial charge on any atom is -0.318 e. The highest BCUT2D eigenvalue weighted by Gasteiger charge is 2.24. The second-order valence-corrected chi connectivity index (χ2v) is 7.78. The molecule has 1 aliphatic rings. The maximum Gasteiger partial charge on any atom is 0.269 e. The molecule has 1 aliphatic heterocycles. The Morgan fingerprint density at radius 2 is 1.80 bits per heavy atom. The summed E-state index contributed by atoms with van der Waals surface area (Å²) in [5, 5.41) is 14.2. The Morgan fingerprint density at radius 3 is 2.47 bits per heavy atom. The number of aromatic nitrogens is 1. The standard InChI is InChI=1S/C22H18N4O3S/c1-14-12-16(15(2)25(14)18-8-10-19(11-9-18)26(28)29)13-20-21(27)24-22(30-20)23-17-6-4-3-5-7-17/h3-13H,1-2H3,(H,23,24,27). The number of rotatable bonds is 4. The van der Waals surface area contributed by atoms with Crippen LogP contribution in [0.15, 0.2) is 70.6 Å². The highest BCUT2D eigenvalue weighted by Crippen LogP contribution is 2.30. The molecule has 8 heteroatoms. The van der Waals surface area contributed by atoms with Crippen LogP contribution in [0, 0.1) is 24.0 Å². The van der Waals surface area contributed by atoms with E-state index in [1.807, 2.05) is 60.9 Å². The van der Waals surface area contributed by atoms with Gasteiger partial charge < -0.3 is 9.88 Å². The summed E-state index contributed by atoms with van der Waals surface area (Å²) in [5.74, 6) is -0.185. The summed E-state index contributed by atoms with van der Waals surface area (Å²) in [5.41, 5.74) is 4.47. The Labute approximate surface area is 177 Å². The first-order chi connectivity index (χ1) is 14.4. The van der Waals surface area contributed by atoms with Gasteiger partial charge in [0.15, 0.2) is 5.17 Å². The fourth-order valence-electron chi connectivity index (χ4n) is 3.30. The van der Waals surface area contributed by atoms with Crippen LogP contribution in [0.1, 0.15) is 17.0 Å². The third-order valence-electron chi connectivity index (χ3n) is 4.71. The van der Waals surface area contributed by atoms with Crippen LogP contribution in [-0.4, -0.2) is 20.6 Å². The maximum atomic E-state index is 12.4. The molecule has 1 amide bonds. The second kappa shape index (κ2) is 8.00. The van der Waals surface area contributed by atoms with Crippen LogP contribution in [0.2, 0.25) is 0 Å². The summed E-state index contributed by atoms with van der Waals surface area (Å²) in [6, 6.07) is 17.8. The van der Waals surface area contributed by atoms with Gasteiger partial charge in [-0.25, -0.2) is 4.99 Å². The van der Waals surface area contributed by atoms with E-state index in [2.05, 4.69) is 10.3 Å². The monoisotopic (exact) mass is 418 g/mol. The van der Waals surface area contributed by atoms with E-state index in [4.69, 9.17) is 0 Å². The topological polar surface area (TPSA) is 89.5 Å². The average molecular weight is 418 g/mol. The number of aliphatic imine (C=N–C) groups is 1. The van der Waals surface area contributed by atoms with Gasteiger partial charge in [-0.05, 0) is 67.6 Å². The number of nitrogens with one attached hydrogen (secondary N) is 1. The summed E-state index contributed by atoms with van der Waals surface area (Å²) in [7, 11) is 0. The molecule has 2 aromatic carbocycles. The van der Waals surface area contributed by atoms with Gasteiger partial charge in [0.1, 0.15) is 0 Å². The first-order valence-corrected chi connectivity index (χ1v) is 10.0. The van der Waals surface area contributed by atoms with Gasteiger partial charge in [-0.3, -0.25) is 14.9 Å². The number of nitrogens with zero attached hydrogens (tertiary/aromatic N) is 3. The summed E-state index contributed by atoms with van der Waals surface area (Å²) < 4.78 is 2.01. The van der Waals surface area contributed by atoms with Crippen molar-refractivity contribution < 1.29 is 9.72 Å². The van der Waals surface area contributed by atoms with Crippen molar-refractivity contribution >= 4 is 40.3 Å². The molecule has 1 aromatic heterocycles. The highest BCUT2D eigenvalue weighted by atomic mass is 32.2. The molecule has 150 valence electrons. The molecule has 0 atom stereocenters. The molecule has 0 radical (unpaired) electrons. The lowest BCUT2D eigenvalue weighted by molar-refractivity contribution is -0.384. The lowest BCUT2D eigenvalue weighted by Crippen LogP contribution is -2.19. The maximum absolute atomic E-state index is 12.4.